The highest BCUT2D eigenvalue weighted by Crippen LogP contribution is 2.42. The number of alkyl halides is 4. The molecule has 1 nitrogen and oxygen atoms in total. The van der Waals surface area contributed by atoms with Gasteiger partial charge >= 0.3 is 6.18 Å². The summed E-state index contributed by atoms with van der Waals surface area (Å²) < 4.78 is 49.8. The summed E-state index contributed by atoms with van der Waals surface area (Å²) in [6, 6.07) is 3.84. The van der Waals surface area contributed by atoms with Crippen LogP contribution in [0.5, 0.6) is 5.75 Å². The molecule has 5 heteroatoms. The van der Waals surface area contributed by atoms with Crippen LogP contribution in [0.2, 0.25) is 0 Å². The predicted molar refractivity (Wildman–Crippen MR) is 42.6 cm³/mol. The third-order valence-electron chi connectivity index (χ3n) is 1.94. The first-order chi connectivity index (χ1) is 6.25. The van der Waals surface area contributed by atoms with E-state index in [2.05, 4.69) is 0 Å². The Hall–Kier alpha value is -1.26. The van der Waals surface area contributed by atoms with Gasteiger partial charge in [0.2, 0.25) is 5.67 Å². The van der Waals surface area contributed by atoms with Crippen molar-refractivity contribution in [3.8, 4) is 5.75 Å². The summed E-state index contributed by atoms with van der Waals surface area (Å²) in [6.07, 6.45) is -4.95. The van der Waals surface area contributed by atoms with E-state index < -0.39 is 17.4 Å². The van der Waals surface area contributed by atoms with E-state index in [0.29, 0.717) is 6.92 Å². The monoisotopic (exact) mass is 208 g/mol. The molecule has 0 heterocycles. The zero-order valence-corrected chi connectivity index (χ0v) is 7.27. The molecule has 0 aliphatic rings. The first-order valence-corrected chi connectivity index (χ1v) is 3.80. The lowest BCUT2D eigenvalue weighted by Crippen LogP contribution is -2.34. The maximum absolute atomic E-state index is 13.3. The van der Waals surface area contributed by atoms with Gasteiger partial charge in [0.1, 0.15) is 5.75 Å². The van der Waals surface area contributed by atoms with E-state index in [0.717, 1.165) is 24.3 Å². The van der Waals surface area contributed by atoms with Gasteiger partial charge in [0.05, 0.1) is 0 Å². The van der Waals surface area contributed by atoms with Crippen molar-refractivity contribution in [2.24, 2.45) is 0 Å². The summed E-state index contributed by atoms with van der Waals surface area (Å²) in [5, 5.41) is 8.82. The lowest BCUT2D eigenvalue weighted by molar-refractivity contribution is -0.228. The fourth-order valence-corrected chi connectivity index (χ4v) is 0.938. The third-order valence-corrected chi connectivity index (χ3v) is 1.94. The van der Waals surface area contributed by atoms with E-state index >= 15 is 0 Å². The Morgan fingerprint density at radius 2 is 1.43 bits per heavy atom. The van der Waals surface area contributed by atoms with Crippen LogP contribution in [0.15, 0.2) is 24.3 Å². The van der Waals surface area contributed by atoms with Crippen LogP contribution >= 0.6 is 0 Å². The third kappa shape index (κ3) is 1.81. The summed E-state index contributed by atoms with van der Waals surface area (Å²) in [4.78, 5) is 0. The van der Waals surface area contributed by atoms with Crippen molar-refractivity contribution in [2.75, 3.05) is 0 Å². The second kappa shape index (κ2) is 3.15. The van der Waals surface area contributed by atoms with Crippen molar-refractivity contribution in [2.45, 2.75) is 18.8 Å². The number of benzene rings is 1. The van der Waals surface area contributed by atoms with Crippen LogP contribution in [-0.2, 0) is 5.67 Å². The van der Waals surface area contributed by atoms with Crippen molar-refractivity contribution >= 4 is 0 Å². The van der Waals surface area contributed by atoms with E-state index in [9.17, 15) is 17.6 Å². The highest BCUT2D eigenvalue weighted by Gasteiger charge is 2.53. The Morgan fingerprint density at radius 3 is 1.79 bits per heavy atom. The first-order valence-electron chi connectivity index (χ1n) is 3.80. The first kappa shape index (κ1) is 10.8. The fourth-order valence-electron chi connectivity index (χ4n) is 0.938. The van der Waals surface area contributed by atoms with E-state index in [-0.39, 0.29) is 5.75 Å². The molecule has 1 N–H and O–H groups in total. The maximum atomic E-state index is 13.3. The quantitative estimate of drug-likeness (QED) is 0.703. The Balaban J connectivity index is 3.10. The standard InChI is InChI=1S/C9H8F4O/c1-8(10,9(11,12)13)6-2-4-7(14)5-3-6/h2-5,14H,1H3. The molecule has 0 saturated heterocycles. The van der Waals surface area contributed by atoms with Crippen molar-refractivity contribution in [3.63, 3.8) is 0 Å². The van der Waals surface area contributed by atoms with Gasteiger partial charge in [-0.2, -0.15) is 13.2 Å². The summed E-state index contributed by atoms with van der Waals surface area (Å²) in [5.74, 6) is -0.202. The van der Waals surface area contributed by atoms with Gasteiger partial charge < -0.3 is 5.11 Å². The molecule has 1 rings (SSSR count). The van der Waals surface area contributed by atoms with E-state index in [4.69, 9.17) is 5.11 Å². The molecule has 1 aromatic carbocycles. The molecule has 0 radical (unpaired) electrons. The Kier molecular flexibility index (Phi) is 2.43. The molecular formula is C9H8F4O. The van der Waals surface area contributed by atoms with Crippen molar-refractivity contribution in [1.82, 2.24) is 0 Å². The molecule has 0 aromatic heterocycles. The van der Waals surface area contributed by atoms with Gasteiger partial charge in [-0.15, -0.1) is 0 Å². The molecule has 14 heavy (non-hydrogen) atoms. The second-order valence-corrected chi connectivity index (χ2v) is 3.05. The SMILES string of the molecule is CC(F)(c1ccc(O)cc1)C(F)(F)F. The molecule has 78 valence electrons. The molecule has 1 unspecified atom stereocenters. The molecule has 0 saturated carbocycles. The minimum absolute atomic E-state index is 0.202. The number of phenols is 1. The molecular weight excluding hydrogens is 200 g/mol. The number of phenolic OH excluding ortho intramolecular Hbond substituents is 1. The van der Waals surface area contributed by atoms with Gasteiger partial charge in [-0.25, -0.2) is 4.39 Å². The number of hydrogen-bond acceptors (Lipinski definition) is 1. The van der Waals surface area contributed by atoms with E-state index in [1.54, 1.807) is 0 Å². The summed E-state index contributed by atoms with van der Waals surface area (Å²) in [6.45, 7) is 0.444. The molecule has 0 aliphatic heterocycles. The highest BCUT2D eigenvalue weighted by molar-refractivity contribution is 5.30. The van der Waals surface area contributed by atoms with E-state index in [1.165, 1.54) is 0 Å². The highest BCUT2D eigenvalue weighted by atomic mass is 19.4. The topological polar surface area (TPSA) is 20.2 Å². The molecule has 1 aromatic rings. The largest absolute Gasteiger partial charge is 0.508 e. The second-order valence-electron chi connectivity index (χ2n) is 3.05. The Morgan fingerprint density at radius 1 is 1.00 bits per heavy atom. The van der Waals surface area contributed by atoms with Crippen LogP contribution in [0.25, 0.3) is 0 Å². The van der Waals surface area contributed by atoms with Crippen molar-refractivity contribution < 1.29 is 22.7 Å². The van der Waals surface area contributed by atoms with Crippen LogP contribution in [0.3, 0.4) is 0 Å². The minimum Gasteiger partial charge on any atom is -0.508 e. The molecule has 0 aliphatic carbocycles. The molecule has 0 bridgehead atoms. The average molecular weight is 208 g/mol. The Labute approximate surface area is 78.0 Å². The van der Waals surface area contributed by atoms with Crippen LogP contribution in [-0.4, -0.2) is 11.3 Å². The van der Waals surface area contributed by atoms with Gasteiger partial charge in [-0.1, -0.05) is 12.1 Å². The number of rotatable bonds is 1. The lowest BCUT2D eigenvalue weighted by atomic mass is 9.97. The number of aromatic hydroxyl groups is 1. The maximum Gasteiger partial charge on any atom is 0.426 e. The van der Waals surface area contributed by atoms with Crippen LogP contribution in [0, 0.1) is 0 Å². The predicted octanol–water partition coefficient (Wildman–Crippen LogP) is 3.14. The zero-order valence-electron chi connectivity index (χ0n) is 7.27. The van der Waals surface area contributed by atoms with Crippen LogP contribution < -0.4 is 0 Å². The van der Waals surface area contributed by atoms with Gasteiger partial charge in [0.25, 0.3) is 0 Å². The van der Waals surface area contributed by atoms with Crippen LogP contribution in [0.1, 0.15) is 12.5 Å². The summed E-state index contributed by atoms with van der Waals surface area (Å²) >= 11 is 0. The van der Waals surface area contributed by atoms with Crippen molar-refractivity contribution in [3.05, 3.63) is 29.8 Å². The lowest BCUT2D eigenvalue weighted by Gasteiger charge is -2.23. The van der Waals surface area contributed by atoms with Gasteiger partial charge in [-0.3, -0.25) is 0 Å². The van der Waals surface area contributed by atoms with Gasteiger partial charge in [0, 0.05) is 0 Å². The molecule has 1 atom stereocenters. The van der Waals surface area contributed by atoms with E-state index in [1.807, 2.05) is 0 Å². The van der Waals surface area contributed by atoms with Crippen LogP contribution in [0.4, 0.5) is 17.6 Å². The van der Waals surface area contributed by atoms with Gasteiger partial charge in [0.15, 0.2) is 0 Å². The molecule has 0 fully saturated rings. The van der Waals surface area contributed by atoms with Gasteiger partial charge in [-0.05, 0) is 24.6 Å². The summed E-state index contributed by atoms with van der Waals surface area (Å²) in [5.41, 5.74) is -3.91. The molecule has 0 amide bonds. The number of hydrogen-bond donors (Lipinski definition) is 1. The fraction of sp³-hybridized carbons (Fsp3) is 0.333. The average Bonchev–Trinajstić information content (AvgIpc) is 2.03. The molecule has 0 spiro atoms. The zero-order chi connectivity index (χ0) is 11.0. The minimum atomic E-state index is -4.95. The smallest absolute Gasteiger partial charge is 0.426 e. The normalized spacial score (nSPS) is 16.4. The summed E-state index contributed by atoms with van der Waals surface area (Å²) in [7, 11) is 0. The number of halogens is 4. The Bertz CT molecular complexity index is 313. The van der Waals surface area contributed by atoms with Crippen molar-refractivity contribution in [1.29, 1.82) is 0 Å².